The van der Waals surface area contributed by atoms with Crippen molar-refractivity contribution in [3.63, 3.8) is 0 Å². The van der Waals surface area contributed by atoms with Crippen molar-refractivity contribution < 1.29 is 4.79 Å². The highest BCUT2D eigenvalue weighted by Crippen LogP contribution is 2.23. The lowest BCUT2D eigenvalue weighted by Crippen LogP contribution is -2.35. The summed E-state index contributed by atoms with van der Waals surface area (Å²) in [5.74, 6) is -0.102. The van der Waals surface area contributed by atoms with Crippen molar-refractivity contribution in [1.29, 1.82) is 0 Å². The van der Waals surface area contributed by atoms with E-state index >= 15 is 0 Å². The van der Waals surface area contributed by atoms with E-state index in [1.54, 1.807) is 42.5 Å². The summed E-state index contributed by atoms with van der Waals surface area (Å²) >= 11 is 7.15. The molecule has 0 fully saturated rings. The Morgan fingerprint density at radius 1 is 0.909 bits per heavy atom. The number of rotatable bonds is 3. The van der Waals surface area contributed by atoms with Gasteiger partial charge in [-0.1, -0.05) is 59.3 Å². The van der Waals surface area contributed by atoms with Crippen molar-refractivity contribution in [2.24, 2.45) is 4.99 Å². The zero-order chi connectivity index (χ0) is 22.8. The van der Waals surface area contributed by atoms with E-state index in [4.69, 9.17) is 11.6 Å². The monoisotopic (exact) mass is 472 g/mol. The Balaban J connectivity index is 1.51. The van der Waals surface area contributed by atoms with Gasteiger partial charge < -0.3 is 10.3 Å². The zero-order valence-corrected chi connectivity index (χ0v) is 18.7. The maximum Gasteiger partial charge on any atom is 0.305 e. The molecule has 5 rings (SSSR count). The van der Waals surface area contributed by atoms with E-state index < -0.39 is 0 Å². The van der Waals surface area contributed by atoms with Gasteiger partial charge in [0.25, 0.3) is 5.91 Å². The summed E-state index contributed by atoms with van der Waals surface area (Å²) in [6.45, 7) is 0. The highest BCUT2D eigenvalue weighted by molar-refractivity contribution is 7.16. The first-order valence-corrected chi connectivity index (χ1v) is 11.3. The van der Waals surface area contributed by atoms with Gasteiger partial charge in [0.05, 0.1) is 15.9 Å². The Hall–Kier alpha value is -3.94. The lowest BCUT2D eigenvalue weighted by molar-refractivity contribution is 0.0977. The molecule has 33 heavy (non-hydrogen) atoms. The predicted molar refractivity (Wildman–Crippen MR) is 136 cm³/mol. The first-order chi connectivity index (χ1) is 16.0. The second-order valence-corrected chi connectivity index (χ2v) is 8.76. The van der Waals surface area contributed by atoms with Crippen LogP contribution < -0.4 is 15.5 Å². The molecule has 0 aliphatic heterocycles. The van der Waals surface area contributed by atoms with Gasteiger partial charge in [-0.15, -0.1) is 0 Å². The lowest BCUT2D eigenvalue weighted by Gasteiger charge is -2.13. The summed E-state index contributed by atoms with van der Waals surface area (Å²) in [7, 11) is 0. The summed E-state index contributed by atoms with van der Waals surface area (Å²) in [4.78, 5) is 31.8. The third-order valence-electron chi connectivity index (χ3n) is 4.98. The van der Waals surface area contributed by atoms with E-state index in [1.165, 1.54) is 0 Å². The number of benzene rings is 4. The van der Waals surface area contributed by atoms with Gasteiger partial charge in [-0.25, -0.2) is 4.99 Å². The molecule has 162 valence electrons. The van der Waals surface area contributed by atoms with E-state index in [9.17, 15) is 9.59 Å². The van der Waals surface area contributed by atoms with Crippen LogP contribution in [0.1, 0.15) is 10.4 Å². The van der Waals surface area contributed by atoms with E-state index in [0.717, 1.165) is 38.0 Å². The number of halogens is 1. The van der Waals surface area contributed by atoms with E-state index in [0.29, 0.717) is 16.3 Å². The number of H-pyrrole nitrogens is 1. The fraction of sp³-hybridized carbons (Fsp3) is 0. The minimum atomic E-state index is -0.350. The maximum absolute atomic E-state index is 12.9. The number of anilines is 1. The molecule has 0 atom stereocenters. The first-order valence-electron chi connectivity index (χ1n) is 10.1. The molecule has 0 spiro atoms. The van der Waals surface area contributed by atoms with Crippen molar-refractivity contribution in [1.82, 2.24) is 10.3 Å². The Morgan fingerprint density at radius 2 is 1.76 bits per heavy atom. The molecule has 8 heteroatoms. The third kappa shape index (κ3) is 4.79. The number of nitrogens with one attached hydrogen (secondary N) is 3. The molecule has 1 heterocycles. The molecule has 0 aliphatic rings. The molecule has 1 aromatic heterocycles. The van der Waals surface area contributed by atoms with Crippen LogP contribution in [-0.4, -0.2) is 16.9 Å². The molecule has 0 saturated heterocycles. The van der Waals surface area contributed by atoms with Crippen LogP contribution in [0.25, 0.3) is 21.0 Å². The number of aromatic nitrogens is 1. The van der Waals surface area contributed by atoms with Gasteiger partial charge in [0, 0.05) is 16.3 Å². The molecule has 1 amide bonds. The molecular weight excluding hydrogens is 456 g/mol. The number of hydrogen-bond acceptors (Lipinski definition) is 4. The fourth-order valence-corrected chi connectivity index (χ4v) is 4.39. The standard InChI is InChI=1S/C25H17ClN4O2S/c26-18-7-3-6-17(12-18)23(31)30-24(27-19-9-8-15-4-1-2-5-16(15)13-19)28-20-10-11-21-22(14-20)33-25(32)29-21/h1-14H,(H,29,32)(H2,27,28,30,31). The van der Waals surface area contributed by atoms with Gasteiger partial charge >= 0.3 is 4.87 Å². The molecule has 0 bridgehead atoms. The summed E-state index contributed by atoms with van der Waals surface area (Å²) in [5, 5.41) is 8.68. The van der Waals surface area contributed by atoms with Gasteiger partial charge in [-0.05, 0) is 59.3 Å². The highest BCUT2D eigenvalue weighted by Gasteiger charge is 2.11. The van der Waals surface area contributed by atoms with Crippen LogP contribution in [0.3, 0.4) is 0 Å². The minimum absolute atomic E-state index is 0.130. The Kier molecular flexibility index (Phi) is 5.64. The number of nitrogens with zero attached hydrogens (tertiary/aromatic N) is 1. The van der Waals surface area contributed by atoms with Gasteiger partial charge in [0.2, 0.25) is 5.96 Å². The number of carbonyl (C=O) groups excluding carboxylic acids is 1. The van der Waals surface area contributed by atoms with Crippen molar-refractivity contribution in [2.75, 3.05) is 5.32 Å². The number of aliphatic imine (C=N–C) groups is 1. The Bertz CT molecular complexity index is 1590. The molecule has 4 aromatic carbocycles. The normalized spacial score (nSPS) is 11.6. The van der Waals surface area contributed by atoms with Gasteiger partial charge in [-0.2, -0.15) is 0 Å². The van der Waals surface area contributed by atoms with E-state index in [-0.39, 0.29) is 16.7 Å². The van der Waals surface area contributed by atoms with Crippen LogP contribution in [0.15, 0.2) is 94.7 Å². The van der Waals surface area contributed by atoms with Gasteiger partial charge in [-0.3, -0.25) is 14.9 Å². The summed E-state index contributed by atoms with van der Waals surface area (Å²) in [6, 6.07) is 26.0. The topological polar surface area (TPSA) is 86.3 Å². The van der Waals surface area contributed by atoms with Crippen molar-refractivity contribution in [3.05, 3.63) is 105 Å². The first kappa shape index (κ1) is 20.9. The number of thiazole rings is 1. The van der Waals surface area contributed by atoms with Crippen LogP contribution in [0.2, 0.25) is 5.02 Å². The lowest BCUT2D eigenvalue weighted by atomic mass is 10.1. The van der Waals surface area contributed by atoms with E-state index in [2.05, 4.69) is 20.6 Å². The summed E-state index contributed by atoms with van der Waals surface area (Å²) in [6.07, 6.45) is 0. The minimum Gasteiger partial charge on any atom is -0.326 e. The molecular formula is C25H17ClN4O2S. The number of guanidine groups is 1. The Labute approximate surface area is 197 Å². The predicted octanol–water partition coefficient (Wildman–Crippen LogP) is 5.93. The molecule has 3 N–H and O–H groups in total. The molecule has 0 saturated carbocycles. The van der Waals surface area contributed by atoms with Crippen LogP contribution in [0.4, 0.5) is 11.4 Å². The van der Waals surface area contributed by atoms with Crippen molar-refractivity contribution in [2.45, 2.75) is 0 Å². The number of amides is 1. The zero-order valence-electron chi connectivity index (χ0n) is 17.1. The highest BCUT2D eigenvalue weighted by atomic mass is 35.5. The molecule has 0 aliphatic carbocycles. The molecule has 0 radical (unpaired) electrons. The number of hydrogen-bond donors (Lipinski definition) is 3. The average molecular weight is 473 g/mol. The average Bonchev–Trinajstić information content (AvgIpc) is 3.18. The molecule has 6 nitrogen and oxygen atoms in total. The van der Waals surface area contributed by atoms with Crippen molar-refractivity contribution in [3.8, 4) is 0 Å². The third-order valence-corrected chi connectivity index (χ3v) is 6.06. The molecule has 0 unspecified atom stereocenters. The van der Waals surface area contributed by atoms with Crippen LogP contribution in [-0.2, 0) is 0 Å². The van der Waals surface area contributed by atoms with Crippen LogP contribution >= 0.6 is 22.9 Å². The van der Waals surface area contributed by atoms with Crippen LogP contribution in [0.5, 0.6) is 0 Å². The van der Waals surface area contributed by atoms with Gasteiger partial charge in [0.1, 0.15) is 0 Å². The van der Waals surface area contributed by atoms with Gasteiger partial charge in [0.15, 0.2) is 0 Å². The summed E-state index contributed by atoms with van der Waals surface area (Å²) < 4.78 is 0.785. The fourth-order valence-electron chi connectivity index (χ4n) is 3.43. The van der Waals surface area contributed by atoms with Crippen LogP contribution in [0, 0.1) is 0 Å². The van der Waals surface area contributed by atoms with Crippen molar-refractivity contribution >= 4 is 67.2 Å². The largest absolute Gasteiger partial charge is 0.326 e. The SMILES string of the molecule is O=C(NC(=Nc1ccc2[nH]c(=O)sc2c1)Nc1ccc2ccccc2c1)c1cccc(Cl)c1. The number of carbonyl (C=O) groups is 1. The second kappa shape index (κ2) is 8.90. The number of fused-ring (bicyclic) bond motifs is 2. The number of aromatic amines is 1. The summed E-state index contributed by atoms with van der Waals surface area (Å²) in [5.41, 5.74) is 2.52. The Morgan fingerprint density at radius 3 is 2.61 bits per heavy atom. The smallest absolute Gasteiger partial charge is 0.305 e. The second-order valence-electron chi connectivity index (χ2n) is 7.31. The quantitative estimate of drug-likeness (QED) is 0.225. The van der Waals surface area contributed by atoms with E-state index in [1.807, 2.05) is 42.5 Å². The maximum atomic E-state index is 12.9. The molecule has 5 aromatic rings.